The zero-order chi connectivity index (χ0) is 27.2. The predicted molar refractivity (Wildman–Crippen MR) is 151 cm³/mol. The van der Waals surface area contributed by atoms with Crippen LogP contribution in [0.3, 0.4) is 0 Å². The number of hydrogen-bond donors (Lipinski definition) is 3. The molecule has 0 saturated heterocycles. The summed E-state index contributed by atoms with van der Waals surface area (Å²) in [6.45, 7) is 0.503. The second-order valence-electron chi connectivity index (χ2n) is 9.77. The van der Waals surface area contributed by atoms with Crippen LogP contribution in [-0.4, -0.2) is 68.4 Å². The highest BCUT2D eigenvalue weighted by molar-refractivity contribution is 5.97. The maximum Gasteiger partial charge on any atom is 0.238 e. The Kier molecular flexibility index (Phi) is 5.64. The second kappa shape index (κ2) is 9.47. The zero-order valence-corrected chi connectivity index (χ0v) is 21.7. The molecular formula is C29H24N8O3. The Bertz CT molecular complexity index is 1910. The van der Waals surface area contributed by atoms with Gasteiger partial charge in [-0.15, -0.1) is 0 Å². The molecule has 0 unspecified atom stereocenters. The Morgan fingerprint density at radius 2 is 1.85 bits per heavy atom. The van der Waals surface area contributed by atoms with E-state index in [0.717, 1.165) is 44.7 Å². The van der Waals surface area contributed by atoms with E-state index in [1.807, 2.05) is 68.7 Å². The molecule has 5 heterocycles. The molecule has 11 nitrogen and oxygen atoms in total. The zero-order valence-electron chi connectivity index (χ0n) is 21.7. The monoisotopic (exact) mass is 532 g/mol. The minimum absolute atomic E-state index is 0.116. The number of aromatic amines is 2. The van der Waals surface area contributed by atoms with Crippen LogP contribution in [0.1, 0.15) is 0 Å². The van der Waals surface area contributed by atoms with Gasteiger partial charge in [-0.3, -0.25) is 14.9 Å². The number of H-pyrrole nitrogens is 2. The van der Waals surface area contributed by atoms with Crippen LogP contribution < -0.4 is 14.8 Å². The van der Waals surface area contributed by atoms with E-state index in [0.29, 0.717) is 28.4 Å². The molecule has 0 saturated carbocycles. The van der Waals surface area contributed by atoms with E-state index in [-0.39, 0.29) is 19.2 Å². The minimum Gasteiger partial charge on any atom is -0.454 e. The Balaban J connectivity index is 1.25. The lowest BCUT2D eigenvalue weighted by Crippen LogP contribution is -2.27. The molecule has 11 heteroatoms. The molecule has 198 valence electrons. The number of likely N-dealkylation sites (N-methyl/N-ethyl adjacent to an activating group) is 1. The summed E-state index contributed by atoms with van der Waals surface area (Å²) in [6, 6.07) is 17.5. The molecule has 0 radical (unpaired) electrons. The van der Waals surface area contributed by atoms with Crippen LogP contribution in [0.2, 0.25) is 0 Å². The first-order valence-corrected chi connectivity index (χ1v) is 12.7. The highest BCUT2D eigenvalue weighted by Gasteiger charge is 2.19. The van der Waals surface area contributed by atoms with E-state index < -0.39 is 0 Å². The number of imidazole rings is 1. The number of nitrogens with one attached hydrogen (secondary N) is 3. The van der Waals surface area contributed by atoms with Crippen LogP contribution in [-0.2, 0) is 4.79 Å². The van der Waals surface area contributed by atoms with Gasteiger partial charge in [-0.25, -0.2) is 9.97 Å². The summed E-state index contributed by atoms with van der Waals surface area (Å²) in [5, 5.41) is 10.5. The van der Waals surface area contributed by atoms with Crippen LogP contribution in [0.15, 0.2) is 67.0 Å². The van der Waals surface area contributed by atoms with Crippen molar-refractivity contribution in [1.82, 2.24) is 35.0 Å². The first kappa shape index (κ1) is 23.8. The number of nitrogens with zero attached hydrogens (tertiary/aromatic N) is 5. The Morgan fingerprint density at radius 3 is 2.75 bits per heavy atom. The molecular weight excluding hydrogens is 508 g/mol. The Morgan fingerprint density at radius 1 is 0.950 bits per heavy atom. The van der Waals surface area contributed by atoms with E-state index >= 15 is 0 Å². The fraction of sp³-hybridized carbons (Fsp3) is 0.138. The third-order valence-electron chi connectivity index (χ3n) is 6.61. The lowest BCUT2D eigenvalue weighted by atomic mass is 10.0. The summed E-state index contributed by atoms with van der Waals surface area (Å²) < 4.78 is 11.0. The van der Waals surface area contributed by atoms with Gasteiger partial charge in [-0.05, 0) is 56.1 Å². The van der Waals surface area contributed by atoms with Crippen LogP contribution >= 0.6 is 0 Å². The number of fused-ring (bicyclic) bond motifs is 3. The fourth-order valence-corrected chi connectivity index (χ4v) is 4.80. The molecule has 40 heavy (non-hydrogen) atoms. The van der Waals surface area contributed by atoms with Gasteiger partial charge >= 0.3 is 0 Å². The fourth-order valence-electron chi connectivity index (χ4n) is 4.80. The molecule has 1 amide bonds. The van der Waals surface area contributed by atoms with Crippen molar-refractivity contribution in [3.63, 3.8) is 0 Å². The number of hydrogen-bond acceptors (Lipinski definition) is 8. The number of pyridine rings is 2. The number of amides is 1. The van der Waals surface area contributed by atoms with E-state index in [1.165, 1.54) is 0 Å². The first-order chi connectivity index (χ1) is 19.5. The van der Waals surface area contributed by atoms with E-state index in [2.05, 4.69) is 25.5 Å². The number of aromatic nitrogens is 6. The van der Waals surface area contributed by atoms with Crippen LogP contribution in [0.25, 0.3) is 56.0 Å². The number of rotatable bonds is 6. The molecule has 4 aromatic heterocycles. The summed E-state index contributed by atoms with van der Waals surface area (Å²) in [6.07, 6.45) is 3.33. The lowest BCUT2D eigenvalue weighted by molar-refractivity contribution is -0.116. The van der Waals surface area contributed by atoms with Gasteiger partial charge in [0, 0.05) is 17.3 Å². The van der Waals surface area contributed by atoms with Crippen LogP contribution in [0, 0.1) is 0 Å². The molecule has 0 spiro atoms. The van der Waals surface area contributed by atoms with Crippen molar-refractivity contribution in [2.75, 3.05) is 32.7 Å². The third kappa shape index (κ3) is 4.28. The standard InChI is InChI=1S/C29H24N8O3/c1-37(2)14-25(38)31-18-10-17(12-30-13-18)20-7-8-22-27(32-20)28(36-35-22)29-33-21-5-3-4-19(26(21)34-29)16-6-9-23-24(11-16)40-15-39-23/h3-13H,14-15H2,1-2H3,(H,31,38)(H,33,34)(H,35,36). The van der Waals surface area contributed by atoms with E-state index in [9.17, 15) is 4.79 Å². The Hall–Kier alpha value is -5.29. The molecule has 6 aromatic rings. The number of benzene rings is 2. The number of ether oxygens (including phenoxy) is 2. The topological polar surface area (TPSA) is 134 Å². The average Bonchev–Trinajstić information content (AvgIpc) is 3.69. The van der Waals surface area contributed by atoms with Gasteiger partial charge in [0.15, 0.2) is 23.0 Å². The molecule has 0 bridgehead atoms. The molecule has 2 aromatic carbocycles. The highest BCUT2D eigenvalue weighted by atomic mass is 16.7. The van der Waals surface area contributed by atoms with Crippen molar-refractivity contribution in [2.24, 2.45) is 0 Å². The normalized spacial score (nSPS) is 12.5. The molecule has 1 aliphatic rings. The number of anilines is 1. The molecule has 3 N–H and O–H groups in total. The second-order valence-corrected chi connectivity index (χ2v) is 9.77. The molecule has 0 atom stereocenters. The van der Waals surface area contributed by atoms with Crippen molar-refractivity contribution in [3.8, 4) is 45.4 Å². The number of carbonyl (C=O) groups excluding carboxylic acids is 1. The number of para-hydroxylation sites is 1. The minimum atomic E-state index is -0.116. The van der Waals surface area contributed by atoms with Gasteiger partial charge in [0.2, 0.25) is 12.7 Å². The van der Waals surface area contributed by atoms with Crippen molar-refractivity contribution in [1.29, 1.82) is 0 Å². The summed E-state index contributed by atoms with van der Waals surface area (Å²) in [5.41, 5.74) is 7.75. The average molecular weight is 533 g/mol. The maximum atomic E-state index is 12.2. The summed E-state index contributed by atoms with van der Waals surface area (Å²) in [7, 11) is 3.69. The Labute approximate surface area is 228 Å². The van der Waals surface area contributed by atoms with Crippen molar-refractivity contribution in [2.45, 2.75) is 0 Å². The number of carbonyl (C=O) groups is 1. The van der Waals surface area contributed by atoms with E-state index in [4.69, 9.17) is 19.4 Å². The van der Waals surface area contributed by atoms with Crippen LogP contribution in [0.4, 0.5) is 5.69 Å². The molecule has 1 aliphatic heterocycles. The summed E-state index contributed by atoms with van der Waals surface area (Å²) >= 11 is 0. The largest absolute Gasteiger partial charge is 0.454 e. The molecule has 0 fully saturated rings. The maximum absolute atomic E-state index is 12.2. The summed E-state index contributed by atoms with van der Waals surface area (Å²) in [5.74, 6) is 1.94. The van der Waals surface area contributed by atoms with Gasteiger partial charge in [0.1, 0.15) is 5.52 Å². The van der Waals surface area contributed by atoms with Crippen molar-refractivity contribution >= 4 is 33.7 Å². The highest BCUT2D eigenvalue weighted by Crippen LogP contribution is 2.38. The van der Waals surface area contributed by atoms with Gasteiger partial charge in [0.05, 0.1) is 40.7 Å². The lowest BCUT2D eigenvalue weighted by Gasteiger charge is -2.10. The molecule has 7 rings (SSSR count). The SMILES string of the molecule is CN(C)CC(=O)Nc1cncc(-c2ccc3[nH]nc(-c4nc5c(-c6ccc7c(c6)OCO7)cccc5[nH]4)c3n2)c1. The van der Waals surface area contributed by atoms with E-state index in [1.54, 1.807) is 17.3 Å². The van der Waals surface area contributed by atoms with Gasteiger partial charge in [-0.1, -0.05) is 18.2 Å². The van der Waals surface area contributed by atoms with Crippen molar-refractivity contribution < 1.29 is 14.3 Å². The smallest absolute Gasteiger partial charge is 0.238 e. The third-order valence-corrected chi connectivity index (χ3v) is 6.61. The summed E-state index contributed by atoms with van der Waals surface area (Å²) in [4.78, 5) is 31.6. The van der Waals surface area contributed by atoms with Crippen LogP contribution in [0.5, 0.6) is 11.5 Å². The van der Waals surface area contributed by atoms with Crippen molar-refractivity contribution in [3.05, 3.63) is 67.0 Å². The molecule has 0 aliphatic carbocycles. The van der Waals surface area contributed by atoms with Gasteiger partial charge < -0.3 is 24.7 Å². The van der Waals surface area contributed by atoms with Gasteiger partial charge in [0.25, 0.3) is 0 Å². The first-order valence-electron chi connectivity index (χ1n) is 12.7. The van der Waals surface area contributed by atoms with Gasteiger partial charge in [-0.2, -0.15) is 5.10 Å². The predicted octanol–water partition coefficient (Wildman–Crippen LogP) is 4.46. The quantitative estimate of drug-likeness (QED) is 0.286.